The van der Waals surface area contributed by atoms with Crippen LogP contribution in [-0.2, 0) is 24.1 Å². The van der Waals surface area contributed by atoms with E-state index in [1.807, 2.05) is 17.4 Å². The van der Waals surface area contributed by atoms with Gasteiger partial charge in [0, 0.05) is 35.5 Å². The molecule has 3 aromatic rings. The van der Waals surface area contributed by atoms with Crippen molar-refractivity contribution >= 4 is 17.9 Å². The largest absolute Gasteiger partial charge is 0.493 e. The van der Waals surface area contributed by atoms with Gasteiger partial charge in [-0.2, -0.15) is 0 Å². The number of likely N-dealkylation sites (N-methyl/N-ethyl adjacent to an activating group) is 1. The van der Waals surface area contributed by atoms with Crippen molar-refractivity contribution in [3.63, 3.8) is 0 Å². The minimum Gasteiger partial charge on any atom is -0.493 e. The van der Waals surface area contributed by atoms with Crippen molar-refractivity contribution in [2.75, 3.05) is 34.4 Å². The molecule has 1 atom stereocenters. The van der Waals surface area contributed by atoms with Crippen LogP contribution < -0.4 is 14.8 Å². The average molecular weight is 611 g/mol. The number of halogens is 1. The lowest BCUT2D eigenvalue weighted by molar-refractivity contribution is -0.136. The number of rotatable bonds is 15. The summed E-state index contributed by atoms with van der Waals surface area (Å²) >= 11 is 1.36. The predicted octanol–water partition coefficient (Wildman–Crippen LogP) is 6.00. The number of β-amino-alcohol motifs (C(OH)–C–C–N with tert-alkyl or cyclic N) is 1. The molecule has 0 fully saturated rings. The number of hydrogen-bond acceptors (Lipinski definition) is 7. The second kappa shape index (κ2) is 14.6. The summed E-state index contributed by atoms with van der Waals surface area (Å²) in [5, 5.41) is 23.5. The van der Waals surface area contributed by atoms with E-state index < -0.39 is 17.9 Å². The number of carboxylic acids is 1. The molecule has 0 spiro atoms. The summed E-state index contributed by atoms with van der Waals surface area (Å²) in [4.78, 5) is 11.9. The Morgan fingerprint density at radius 1 is 1.07 bits per heavy atom. The van der Waals surface area contributed by atoms with Crippen LogP contribution in [0.4, 0.5) is 4.39 Å². The number of aliphatic carboxylic acids is 1. The van der Waals surface area contributed by atoms with Crippen LogP contribution in [0.2, 0.25) is 0 Å². The van der Waals surface area contributed by atoms with Gasteiger partial charge in [0.2, 0.25) is 0 Å². The van der Waals surface area contributed by atoms with Crippen molar-refractivity contribution in [3.05, 3.63) is 77.1 Å². The van der Waals surface area contributed by atoms with Crippen LogP contribution in [0, 0.1) is 11.7 Å². The normalized spacial score (nSPS) is 14.1. The summed E-state index contributed by atoms with van der Waals surface area (Å²) in [6, 6.07) is 17.0. The fraction of sp³-hybridized carbons (Fsp3) is 0.441. The summed E-state index contributed by atoms with van der Waals surface area (Å²) in [6.07, 6.45) is 2.78. The van der Waals surface area contributed by atoms with Gasteiger partial charge in [0.25, 0.3) is 0 Å². The Bertz CT molecular complexity index is 1390. The maximum absolute atomic E-state index is 15.5. The Hall–Kier alpha value is -3.11. The number of aliphatic hydroxyl groups excluding tert-OH is 1. The van der Waals surface area contributed by atoms with E-state index in [0.29, 0.717) is 52.1 Å². The lowest BCUT2D eigenvalue weighted by Gasteiger charge is -2.31. The fourth-order valence-electron chi connectivity index (χ4n) is 5.95. The topological polar surface area (TPSA) is 91.3 Å². The van der Waals surface area contributed by atoms with Gasteiger partial charge < -0.3 is 25.0 Å². The van der Waals surface area contributed by atoms with Crippen molar-refractivity contribution in [2.45, 2.75) is 62.5 Å². The highest BCUT2D eigenvalue weighted by molar-refractivity contribution is 7.97. The zero-order valence-corrected chi connectivity index (χ0v) is 26.5. The molecule has 0 aromatic heterocycles. The van der Waals surface area contributed by atoms with Crippen molar-refractivity contribution in [1.29, 1.82) is 0 Å². The quantitative estimate of drug-likeness (QED) is 0.181. The number of carbonyl (C=O) groups is 1. The number of methoxy groups -OCH3 is 2. The second-order valence-electron chi connectivity index (χ2n) is 12.0. The Morgan fingerprint density at radius 3 is 2.33 bits per heavy atom. The molecule has 0 saturated carbocycles. The van der Waals surface area contributed by atoms with E-state index in [0.717, 1.165) is 19.3 Å². The van der Waals surface area contributed by atoms with Gasteiger partial charge in [-0.25, -0.2) is 8.70 Å². The van der Waals surface area contributed by atoms with Gasteiger partial charge in [0.15, 0.2) is 11.5 Å². The minimum absolute atomic E-state index is 0.0912. The molecule has 232 valence electrons. The molecular formula is C34H43FN2O5S. The number of carboxylic acid groups (broad SMARTS) is 1. The first-order valence-corrected chi connectivity index (χ1v) is 15.4. The molecule has 0 bridgehead atoms. The standard InChI is InChI=1S/C34H43FN2O5S/c1-34(2,19-22-14-23-8-6-7-9-24(23)15-22)36-20-26(38)21-37(3)43-27-11-12-28(30(35)17-27)29-18-32(42-5)31(41-4)16-25(29)10-13-33(39)40/h6-9,11-12,16-18,22,26,36,38H,10,13-15,19-21H2,1-5H3,(H,39,40)/t26-/m1/s1. The van der Waals surface area contributed by atoms with Gasteiger partial charge in [-0.1, -0.05) is 30.3 Å². The second-order valence-corrected chi connectivity index (χ2v) is 13.2. The van der Waals surface area contributed by atoms with Gasteiger partial charge in [-0.3, -0.25) is 4.79 Å². The molecular weight excluding hydrogens is 567 g/mol. The highest BCUT2D eigenvalue weighted by Gasteiger charge is 2.28. The van der Waals surface area contributed by atoms with Crippen molar-refractivity contribution in [3.8, 4) is 22.6 Å². The maximum atomic E-state index is 15.5. The number of benzene rings is 3. The smallest absolute Gasteiger partial charge is 0.303 e. The van der Waals surface area contributed by atoms with E-state index in [9.17, 15) is 15.0 Å². The summed E-state index contributed by atoms with van der Waals surface area (Å²) in [5.41, 5.74) is 4.37. The lowest BCUT2D eigenvalue weighted by atomic mass is 9.88. The van der Waals surface area contributed by atoms with Gasteiger partial charge in [0.1, 0.15) is 5.82 Å². The molecule has 0 radical (unpaired) electrons. The van der Waals surface area contributed by atoms with Gasteiger partial charge in [-0.05, 0) is 111 Å². The number of aryl methyl sites for hydroxylation is 1. The molecule has 0 heterocycles. The predicted molar refractivity (Wildman–Crippen MR) is 169 cm³/mol. The Kier molecular flexibility index (Phi) is 11.1. The Balaban J connectivity index is 1.34. The summed E-state index contributed by atoms with van der Waals surface area (Å²) < 4.78 is 28.2. The van der Waals surface area contributed by atoms with E-state index in [-0.39, 0.29) is 18.4 Å². The third-order valence-electron chi connectivity index (χ3n) is 7.93. The molecule has 9 heteroatoms. The van der Waals surface area contributed by atoms with Gasteiger partial charge >= 0.3 is 5.97 Å². The number of aliphatic hydroxyl groups is 1. The minimum atomic E-state index is -0.934. The molecule has 3 aromatic carbocycles. The average Bonchev–Trinajstić information content (AvgIpc) is 3.36. The van der Waals surface area contributed by atoms with Crippen molar-refractivity contribution in [2.24, 2.45) is 5.92 Å². The number of hydrogen-bond donors (Lipinski definition) is 3. The van der Waals surface area contributed by atoms with Crippen LogP contribution in [-0.4, -0.2) is 66.5 Å². The van der Waals surface area contributed by atoms with Crippen LogP contribution in [0.5, 0.6) is 11.5 Å². The molecule has 0 unspecified atom stereocenters. The van der Waals surface area contributed by atoms with Crippen LogP contribution in [0.15, 0.2) is 59.5 Å². The first-order valence-electron chi connectivity index (χ1n) is 14.6. The monoisotopic (exact) mass is 610 g/mol. The maximum Gasteiger partial charge on any atom is 0.303 e. The first kappa shape index (κ1) is 32.8. The summed E-state index contributed by atoms with van der Waals surface area (Å²) in [5.74, 6) is 0.131. The molecule has 0 saturated heterocycles. The molecule has 4 rings (SSSR count). The summed E-state index contributed by atoms with van der Waals surface area (Å²) in [6.45, 7) is 5.25. The van der Waals surface area contributed by atoms with Crippen LogP contribution in [0.1, 0.15) is 43.4 Å². The van der Waals surface area contributed by atoms with Crippen LogP contribution in [0.3, 0.4) is 0 Å². The Labute approximate surface area is 258 Å². The van der Waals surface area contributed by atoms with Crippen molar-refractivity contribution in [1.82, 2.24) is 9.62 Å². The molecule has 7 nitrogen and oxygen atoms in total. The van der Waals surface area contributed by atoms with Crippen LogP contribution in [0.25, 0.3) is 11.1 Å². The van der Waals surface area contributed by atoms with Crippen molar-refractivity contribution < 1.29 is 28.9 Å². The number of nitrogens with one attached hydrogen (secondary N) is 1. The van der Waals surface area contributed by atoms with Gasteiger partial charge in [-0.15, -0.1) is 0 Å². The fourth-order valence-corrected chi connectivity index (χ4v) is 6.84. The first-order chi connectivity index (χ1) is 20.5. The highest BCUT2D eigenvalue weighted by Crippen LogP contribution is 2.38. The van der Waals surface area contributed by atoms with E-state index in [1.54, 1.807) is 18.2 Å². The number of nitrogens with zero attached hydrogens (tertiary/aromatic N) is 1. The van der Waals surface area contributed by atoms with E-state index in [1.165, 1.54) is 43.4 Å². The zero-order valence-electron chi connectivity index (χ0n) is 25.7. The van der Waals surface area contributed by atoms with E-state index in [4.69, 9.17) is 9.47 Å². The number of fused-ring (bicyclic) bond motifs is 1. The zero-order chi connectivity index (χ0) is 31.1. The van der Waals surface area contributed by atoms with E-state index in [2.05, 4.69) is 43.4 Å². The highest BCUT2D eigenvalue weighted by atomic mass is 32.2. The molecule has 1 aliphatic carbocycles. The van der Waals surface area contributed by atoms with Gasteiger partial charge in [0.05, 0.1) is 20.3 Å². The summed E-state index contributed by atoms with van der Waals surface area (Å²) in [7, 11) is 4.88. The molecule has 3 N–H and O–H groups in total. The lowest BCUT2D eigenvalue weighted by Crippen LogP contribution is -2.46. The van der Waals surface area contributed by atoms with Crippen LogP contribution >= 0.6 is 11.9 Å². The molecule has 0 aliphatic heterocycles. The van der Waals surface area contributed by atoms with E-state index >= 15 is 4.39 Å². The number of ether oxygens (including phenoxy) is 2. The molecule has 43 heavy (non-hydrogen) atoms. The third kappa shape index (κ3) is 8.95. The molecule has 0 amide bonds. The molecule has 1 aliphatic rings. The third-order valence-corrected chi connectivity index (χ3v) is 8.85. The SMILES string of the molecule is COc1cc(CCC(=O)O)c(-c2ccc(SN(C)C[C@H](O)CNC(C)(C)CC3Cc4ccccc4C3)cc2F)cc1OC. The Morgan fingerprint density at radius 2 is 1.72 bits per heavy atom.